The Hall–Kier alpha value is -5.66. The Bertz CT molecular complexity index is 3400. The van der Waals surface area contributed by atoms with E-state index in [-0.39, 0.29) is 31.9 Å². The Balaban J connectivity index is 0.000000209. The molecule has 1 aliphatic carbocycles. The van der Waals surface area contributed by atoms with Gasteiger partial charge in [-0.2, -0.15) is 0 Å². The number of rotatable bonds is 9. The van der Waals surface area contributed by atoms with Crippen LogP contribution in [0.15, 0.2) is 144 Å². The van der Waals surface area contributed by atoms with Crippen LogP contribution in [0.5, 0.6) is 0 Å². The van der Waals surface area contributed by atoms with Gasteiger partial charge in [0.25, 0.3) is 0 Å². The fraction of sp³-hybridized carbons (Fsp3) is 0.274. The van der Waals surface area contributed by atoms with Crippen molar-refractivity contribution in [1.82, 2.24) is 19.5 Å². The van der Waals surface area contributed by atoms with Crippen molar-refractivity contribution in [2.45, 2.75) is 102 Å². The van der Waals surface area contributed by atoms with Crippen molar-refractivity contribution in [2.24, 2.45) is 5.92 Å². The standard InChI is InChI=1S/C41H34N3O.C21H28GeN.Ir/c1-24(2)32-20-30(29-16-15-27-10-6-7-11-28(27)19-29)21-33(25(3)4)39(32)44-37-13-9-8-12-36(37)43-41(44)35-23-42-22-34-31-17-14-26(5)18-38(31)45-40(34)35;1-22(2,3)20-16-23-21(18-12-8-5-9-13-18)15-19(20)14-17-10-6-4-7-11-17;/h6-22,24-25H,1-5H3;5,8-9,12,15-17H,4,6-7,10-11,14H2,1-3H3;/q2*-1;. The maximum Gasteiger partial charge on any atom is 0 e. The molecule has 1 radical (unpaired) electrons. The molecule has 10 aromatic rings. The second-order valence-electron chi connectivity index (χ2n) is 20.7. The number of benzene rings is 6. The van der Waals surface area contributed by atoms with Gasteiger partial charge in [-0.05, 0) is 117 Å². The molecule has 0 atom stereocenters. The van der Waals surface area contributed by atoms with Gasteiger partial charge in [0, 0.05) is 31.2 Å². The van der Waals surface area contributed by atoms with E-state index in [1.165, 1.54) is 77.2 Å². The third kappa shape index (κ3) is 9.91. The molecule has 0 saturated heterocycles. The van der Waals surface area contributed by atoms with Gasteiger partial charge in [0.1, 0.15) is 5.58 Å². The minimum absolute atomic E-state index is 0. The number of hydrogen-bond acceptors (Lipinski definition) is 4. The van der Waals surface area contributed by atoms with Gasteiger partial charge in [0.05, 0.1) is 22.4 Å². The summed E-state index contributed by atoms with van der Waals surface area (Å²) in [6, 6.07) is 48.7. The first-order valence-electron chi connectivity index (χ1n) is 24.7. The number of hydrogen-bond donors (Lipinski definition) is 0. The molecule has 4 heterocycles. The first kappa shape index (κ1) is 48.4. The molecule has 1 aliphatic rings. The summed E-state index contributed by atoms with van der Waals surface area (Å²) in [6.07, 6.45) is 15.7. The predicted octanol–water partition coefficient (Wildman–Crippen LogP) is 16.4. The van der Waals surface area contributed by atoms with Crippen LogP contribution in [-0.2, 0) is 26.5 Å². The summed E-state index contributed by atoms with van der Waals surface area (Å²) in [4.78, 5) is 14.6. The van der Waals surface area contributed by atoms with Gasteiger partial charge in [0.2, 0.25) is 0 Å². The molecule has 0 N–H and O–H groups in total. The number of pyridine rings is 2. The van der Waals surface area contributed by atoms with Crippen LogP contribution in [0.3, 0.4) is 0 Å². The first-order valence-corrected chi connectivity index (χ1v) is 32.1. The van der Waals surface area contributed by atoms with E-state index >= 15 is 0 Å². The largest absolute Gasteiger partial charge is 0 e. The summed E-state index contributed by atoms with van der Waals surface area (Å²) in [6.45, 7) is 11.2. The van der Waals surface area contributed by atoms with E-state index in [0.717, 1.165) is 67.1 Å². The van der Waals surface area contributed by atoms with Crippen molar-refractivity contribution in [3.8, 4) is 39.5 Å². The van der Waals surface area contributed by atoms with Crippen molar-refractivity contribution >= 4 is 61.4 Å². The summed E-state index contributed by atoms with van der Waals surface area (Å²) in [5.41, 5.74) is 15.4. The Morgan fingerprint density at radius 1 is 0.725 bits per heavy atom. The molecule has 351 valence electrons. The van der Waals surface area contributed by atoms with Crippen LogP contribution in [0.25, 0.3) is 83.2 Å². The van der Waals surface area contributed by atoms with Crippen molar-refractivity contribution in [2.75, 3.05) is 0 Å². The Morgan fingerprint density at radius 2 is 1.45 bits per heavy atom. The predicted molar refractivity (Wildman–Crippen MR) is 288 cm³/mol. The van der Waals surface area contributed by atoms with Crippen LogP contribution in [0.1, 0.15) is 93.9 Å². The molecule has 69 heavy (non-hydrogen) atoms. The third-order valence-electron chi connectivity index (χ3n) is 14.0. The van der Waals surface area contributed by atoms with Crippen LogP contribution < -0.4 is 4.40 Å². The number of para-hydroxylation sites is 2. The zero-order chi connectivity index (χ0) is 47.1. The molecule has 5 nitrogen and oxygen atoms in total. The van der Waals surface area contributed by atoms with E-state index in [0.29, 0.717) is 0 Å². The van der Waals surface area contributed by atoms with E-state index in [2.05, 4.69) is 189 Å². The Labute approximate surface area is 424 Å². The Morgan fingerprint density at radius 3 is 2.17 bits per heavy atom. The summed E-state index contributed by atoms with van der Waals surface area (Å²) in [5.74, 6) is 9.63. The monoisotopic (exact) mass is 1150 g/mol. The summed E-state index contributed by atoms with van der Waals surface area (Å²) >= 11 is -1.89. The van der Waals surface area contributed by atoms with E-state index < -0.39 is 13.3 Å². The topological polar surface area (TPSA) is 56.7 Å². The minimum Gasteiger partial charge on any atom is 0 e. The maximum absolute atomic E-state index is 6.55. The maximum atomic E-state index is 6.55. The van der Waals surface area contributed by atoms with Crippen molar-refractivity contribution in [1.29, 1.82) is 0 Å². The summed E-state index contributed by atoms with van der Waals surface area (Å²) in [5, 5.41) is 4.51. The van der Waals surface area contributed by atoms with E-state index in [1.807, 2.05) is 24.4 Å². The number of aryl methyl sites for hydroxylation is 1. The fourth-order valence-electron chi connectivity index (χ4n) is 10.4. The summed E-state index contributed by atoms with van der Waals surface area (Å²) in [7, 11) is 0. The SMILES string of the molecule is Cc1ccc2c(c1)oc1c(-c3nc4ccccc4n3-c3c(C(C)C)cc(-c4ccc5ccccc5c4)cc3C(C)C)[c-]ncc12.[CH3][Ge]([CH3])([CH3])[c]1cnc(-c2[c-]cccc2)cc1CC1CCCCC1.[Ir]. The molecule has 7 heteroatoms. The normalized spacial score (nSPS) is 13.4. The number of aromatic nitrogens is 4. The number of imidazole rings is 1. The first-order chi connectivity index (χ1) is 32.9. The zero-order valence-corrected chi connectivity index (χ0v) is 45.8. The van der Waals surface area contributed by atoms with Gasteiger partial charge < -0.3 is 14.0 Å². The van der Waals surface area contributed by atoms with Crippen LogP contribution in [-0.4, -0.2) is 32.8 Å². The fourth-order valence-corrected chi connectivity index (χ4v) is 13.8. The molecule has 0 bridgehead atoms. The average molecular weight is 1140 g/mol. The second kappa shape index (κ2) is 20.4. The molecule has 0 amide bonds. The second-order valence-corrected chi connectivity index (χ2v) is 31.3. The molecule has 4 aromatic heterocycles. The molecular weight excluding hydrogens is 1080 g/mol. The summed E-state index contributed by atoms with van der Waals surface area (Å²) < 4.78 is 10.5. The van der Waals surface area contributed by atoms with Crippen LogP contribution in [0.2, 0.25) is 17.3 Å². The third-order valence-corrected chi connectivity index (χ3v) is 18.3. The van der Waals surface area contributed by atoms with Gasteiger partial charge in [-0.1, -0.05) is 88.4 Å². The molecule has 11 rings (SSSR count). The molecular formula is C62H62GeIrN4O-2. The van der Waals surface area contributed by atoms with Crippen LogP contribution in [0.4, 0.5) is 0 Å². The van der Waals surface area contributed by atoms with Gasteiger partial charge in [-0.25, -0.2) is 0 Å². The van der Waals surface area contributed by atoms with E-state index in [9.17, 15) is 0 Å². The zero-order valence-electron chi connectivity index (χ0n) is 41.3. The van der Waals surface area contributed by atoms with Gasteiger partial charge in [-0.3, -0.25) is 4.98 Å². The molecule has 0 aliphatic heterocycles. The van der Waals surface area contributed by atoms with Gasteiger partial charge in [0.15, 0.2) is 0 Å². The Kier molecular flexibility index (Phi) is 14.3. The van der Waals surface area contributed by atoms with E-state index in [1.54, 1.807) is 9.96 Å². The molecule has 1 fully saturated rings. The van der Waals surface area contributed by atoms with Gasteiger partial charge >= 0.3 is 144 Å². The quantitative estimate of drug-likeness (QED) is 0.107. The molecule has 1 saturated carbocycles. The van der Waals surface area contributed by atoms with Crippen LogP contribution in [0, 0.1) is 25.1 Å². The van der Waals surface area contributed by atoms with Gasteiger partial charge in [-0.15, -0.1) is 0 Å². The molecule has 0 unspecified atom stereocenters. The van der Waals surface area contributed by atoms with Crippen molar-refractivity contribution < 1.29 is 24.5 Å². The molecule has 0 spiro atoms. The number of furan rings is 1. The van der Waals surface area contributed by atoms with Crippen molar-refractivity contribution in [3.63, 3.8) is 0 Å². The minimum atomic E-state index is -1.89. The average Bonchev–Trinajstić information content (AvgIpc) is 3.92. The van der Waals surface area contributed by atoms with E-state index in [4.69, 9.17) is 14.4 Å². The van der Waals surface area contributed by atoms with Crippen molar-refractivity contribution in [3.05, 3.63) is 174 Å². The molecule has 6 aromatic carbocycles. The smallest absolute Gasteiger partial charge is 0 e. The number of nitrogens with zero attached hydrogens (tertiary/aromatic N) is 4. The number of fused-ring (bicyclic) bond motifs is 5. The van der Waals surface area contributed by atoms with Crippen LogP contribution >= 0.6 is 0 Å².